The van der Waals surface area contributed by atoms with E-state index in [-0.39, 0.29) is 5.91 Å². The highest BCUT2D eigenvalue weighted by Crippen LogP contribution is 2.09. The average molecular weight is 266 g/mol. The summed E-state index contributed by atoms with van der Waals surface area (Å²) in [5, 5.41) is 2.91. The number of carbonyl (C=O) groups is 1. The quantitative estimate of drug-likeness (QED) is 0.793. The number of benzene rings is 1. The van der Waals surface area contributed by atoms with Crippen molar-refractivity contribution in [1.82, 2.24) is 5.32 Å². The lowest BCUT2D eigenvalue weighted by Crippen LogP contribution is -2.40. The van der Waals surface area contributed by atoms with Gasteiger partial charge in [-0.1, -0.05) is 31.2 Å². The third-order valence-electron chi connectivity index (χ3n) is 2.92. The van der Waals surface area contributed by atoms with Crippen LogP contribution in [0.5, 0.6) is 0 Å². The van der Waals surface area contributed by atoms with Crippen LogP contribution in [0.25, 0.3) is 0 Å². The molecule has 0 aromatic heterocycles. The molecule has 1 amide bonds. The molecule has 1 atom stereocenters. The molecule has 0 unspecified atom stereocenters. The van der Waals surface area contributed by atoms with Gasteiger partial charge in [-0.05, 0) is 36.0 Å². The van der Waals surface area contributed by atoms with Gasteiger partial charge in [0, 0.05) is 6.54 Å². The minimum absolute atomic E-state index is 0.0602. The maximum Gasteiger partial charge on any atom is 0.237 e. The molecule has 0 bridgehead atoms. The molecule has 3 N–H and O–H groups in total. The predicted octanol–water partition coefficient (Wildman–Crippen LogP) is 1.95. The second kappa shape index (κ2) is 8.16. The second-order valence-corrected chi connectivity index (χ2v) is 5.21. The normalized spacial score (nSPS) is 12.2. The van der Waals surface area contributed by atoms with Crippen molar-refractivity contribution in [2.75, 3.05) is 12.0 Å². The topological polar surface area (TPSA) is 55.1 Å². The van der Waals surface area contributed by atoms with Gasteiger partial charge in [0.05, 0.1) is 6.04 Å². The fourth-order valence-corrected chi connectivity index (χ4v) is 2.25. The van der Waals surface area contributed by atoms with E-state index in [0.29, 0.717) is 6.54 Å². The van der Waals surface area contributed by atoms with Gasteiger partial charge in [-0.15, -0.1) is 0 Å². The Labute approximate surface area is 114 Å². The molecule has 4 heteroatoms. The zero-order valence-electron chi connectivity index (χ0n) is 11.1. The Morgan fingerprint density at radius 1 is 1.39 bits per heavy atom. The van der Waals surface area contributed by atoms with E-state index in [0.717, 1.165) is 18.6 Å². The summed E-state index contributed by atoms with van der Waals surface area (Å²) in [4.78, 5) is 11.8. The lowest BCUT2D eigenvalue weighted by atomic mass is 10.1. The van der Waals surface area contributed by atoms with E-state index in [1.54, 1.807) is 11.8 Å². The molecule has 0 saturated carbocycles. The largest absolute Gasteiger partial charge is 0.351 e. The van der Waals surface area contributed by atoms with E-state index >= 15 is 0 Å². The minimum Gasteiger partial charge on any atom is -0.351 e. The Morgan fingerprint density at radius 2 is 2.06 bits per heavy atom. The first-order valence-electron chi connectivity index (χ1n) is 6.28. The Bertz CT molecular complexity index is 382. The zero-order valence-corrected chi connectivity index (χ0v) is 11.9. The fraction of sp³-hybridized carbons (Fsp3) is 0.500. The maximum absolute atomic E-state index is 11.8. The predicted molar refractivity (Wildman–Crippen MR) is 78.6 cm³/mol. The molecule has 18 heavy (non-hydrogen) atoms. The van der Waals surface area contributed by atoms with Crippen LogP contribution in [0.1, 0.15) is 24.5 Å². The van der Waals surface area contributed by atoms with Crippen LogP contribution in [0.15, 0.2) is 24.3 Å². The highest BCUT2D eigenvalue weighted by Gasteiger charge is 2.12. The minimum atomic E-state index is -0.397. The SMILES string of the molecule is CCc1ccccc1CNC(=O)[C@H](N)CCSC. The van der Waals surface area contributed by atoms with Gasteiger partial charge in [0.2, 0.25) is 5.91 Å². The Kier molecular flexibility index (Phi) is 6.83. The molecule has 0 aliphatic rings. The van der Waals surface area contributed by atoms with Gasteiger partial charge in [-0.2, -0.15) is 11.8 Å². The molecule has 3 nitrogen and oxygen atoms in total. The van der Waals surface area contributed by atoms with Gasteiger partial charge in [0.15, 0.2) is 0 Å². The lowest BCUT2D eigenvalue weighted by Gasteiger charge is -2.13. The van der Waals surface area contributed by atoms with Crippen molar-refractivity contribution in [3.05, 3.63) is 35.4 Å². The summed E-state index contributed by atoms with van der Waals surface area (Å²) in [6, 6.07) is 7.76. The molecule has 0 saturated heterocycles. The number of aryl methyl sites for hydroxylation is 1. The average Bonchev–Trinajstić information content (AvgIpc) is 2.42. The number of thioether (sulfide) groups is 1. The Hall–Kier alpha value is -1.000. The van der Waals surface area contributed by atoms with Crippen molar-refractivity contribution in [2.24, 2.45) is 5.73 Å². The summed E-state index contributed by atoms with van der Waals surface area (Å²) < 4.78 is 0. The van der Waals surface area contributed by atoms with Gasteiger partial charge < -0.3 is 11.1 Å². The Balaban J connectivity index is 2.46. The summed E-state index contributed by atoms with van der Waals surface area (Å²) in [6.07, 6.45) is 3.72. The van der Waals surface area contributed by atoms with Crippen LogP contribution in [-0.4, -0.2) is 24.0 Å². The molecule has 0 spiro atoms. The van der Waals surface area contributed by atoms with Crippen molar-refractivity contribution >= 4 is 17.7 Å². The van der Waals surface area contributed by atoms with Crippen molar-refractivity contribution in [2.45, 2.75) is 32.4 Å². The van der Waals surface area contributed by atoms with Crippen molar-refractivity contribution in [3.8, 4) is 0 Å². The first kappa shape index (κ1) is 15.1. The third-order valence-corrected chi connectivity index (χ3v) is 3.57. The van der Waals surface area contributed by atoms with Crippen molar-refractivity contribution in [1.29, 1.82) is 0 Å². The smallest absolute Gasteiger partial charge is 0.237 e. The molecule has 1 aromatic rings. The number of nitrogens with one attached hydrogen (secondary N) is 1. The molecular formula is C14H22N2OS. The molecule has 1 rings (SSSR count). The molecule has 0 heterocycles. The number of hydrogen-bond donors (Lipinski definition) is 2. The monoisotopic (exact) mass is 266 g/mol. The fourth-order valence-electron chi connectivity index (χ4n) is 1.76. The molecule has 0 aliphatic heterocycles. The van der Waals surface area contributed by atoms with Crippen molar-refractivity contribution < 1.29 is 4.79 Å². The van der Waals surface area contributed by atoms with Gasteiger partial charge in [0.1, 0.15) is 0 Å². The van der Waals surface area contributed by atoms with E-state index in [4.69, 9.17) is 5.73 Å². The number of rotatable bonds is 7. The standard InChI is InChI=1S/C14H22N2OS/c1-3-11-6-4-5-7-12(11)10-16-14(17)13(15)8-9-18-2/h4-7,13H,3,8-10,15H2,1-2H3,(H,16,17)/t13-/m1/s1. The number of amides is 1. The molecule has 0 radical (unpaired) electrons. The van der Waals surface area contributed by atoms with E-state index in [1.165, 1.54) is 11.1 Å². The van der Waals surface area contributed by atoms with E-state index in [9.17, 15) is 4.79 Å². The maximum atomic E-state index is 11.8. The molecule has 1 aromatic carbocycles. The molecule has 0 aliphatic carbocycles. The first-order chi connectivity index (χ1) is 8.69. The Morgan fingerprint density at radius 3 is 2.67 bits per heavy atom. The summed E-state index contributed by atoms with van der Waals surface area (Å²) >= 11 is 1.71. The van der Waals surface area contributed by atoms with E-state index in [1.807, 2.05) is 24.5 Å². The lowest BCUT2D eigenvalue weighted by molar-refractivity contribution is -0.122. The number of nitrogens with two attached hydrogens (primary N) is 1. The van der Waals surface area contributed by atoms with Gasteiger partial charge in [-0.3, -0.25) is 4.79 Å². The van der Waals surface area contributed by atoms with Gasteiger partial charge in [-0.25, -0.2) is 0 Å². The van der Waals surface area contributed by atoms with Crippen LogP contribution in [0.2, 0.25) is 0 Å². The second-order valence-electron chi connectivity index (χ2n) is 4.23. The van der Waals surface area contributed by atoms with Crippen LogP contribution in [0.3, 0.4) is 0 Å². The summed E-state index contributed by atoms with van der Waals surface area (Å²) in [6.45, 7) is 2.68. The van der Waals surface area contributed by atoms with E-state index in [2.05, 4.69) is 18.3 Å². The highest BCUT2D eigenvalue weighted by atomic mass is 32.2. The first-order valence-corrected chi connectivity index (χ1v) is 7.67. The summed E-state index contributed by atoms with van der Waals surface area (Å²) in [7, 11) is 0. The molecule has 0 fully saturated rings. The van der Waals surface area contributed by atoms with Gasteiger partial charge in [0.25, 0.3) is 0 Å². The zero-order chi connectivity index (χ0) is 13.4. The summed E-state index contributed by atoms with van der Waals surface area (Å²) in [5.41, 5.74) is 8.26. The highest BCUT2D eigenvalue weighted by molar-refractivity contribution is 7.98. The van der Waals surface area contributed by atoms with Crippen LogP contribution < -0.4 is 11.1 Å². The molecule has 100 valence electrons. The third kappa shape index (κ3) is 4.70. The van der Waals surface area contributed by atoms with Crippen LogP contribution in [-0.2, 0) is 17.8 Å². The number of hydrogen-bond acceptors (Lipinski definition) is 3. The van der Waals surface area contributed by atoms with Crippen LogP contribution >= 0.6 is 11.8 Å². The molecular weight excluding hydrogens is 244 g/mol. The van der Waals surface area contributed by atoms with Gasteiger partial charge >= 0.3 is 0 Å². The summed E-state index contributed by atoms with van der Waals surface area (Å²) in [5.74, 6) is 0.857. The van der Waals surface area contributed by atoms with Crippen molar-refractivity contribution in [3.63, 3.8) is 0 Å². The van der Waals surface area contributed by atoms with Crippen LogP contribution in [0.4, 0.5) is 0 Å². The van der Waals surface area contributed by atoms with Crippen LogP contribution in [0, 0.1) is 0 Å². The number of carbonyl (C=O) groups excluding carboxylic acids is 1. The van der Waals surface area contributed by atoms with E-state index < -0.39 is 6.04 Å².